The summed E-state index contributed by atoms with van der Waals surface area (Å²) in [5.41, 5.74) is -0.970. The molecule has 0 bridgehead atoms. The molecule has 0 fully saturated rings. The Morgan fingerprint density at radius 1 is 1.08 bits per heavy atom. The Hall–Kier alpha value is -0.930. The van der Waals surface area contributed by atoms with E-state index >= 15 is 0 Å². The first kappa shape index (κ1) is 21.1. The fraction of sp³-hybridized carbons (Fsp3) is 0. The monoisotopic (exact) mass is 363 g/mol. The zero-order valence-corrected chi connectivity index (χ0v) is 17.3. The first-order chi connectivity index (χ1) is 10.4. The van der Waals surface area contributed by atoms with Crippen LogP contribution < -0.4 is 74.8 Å². The molecule has 2 heterocycles. The molecular weight excluding hydrogens is 360 g/mol. The van der Waals surface area contributed by atoms with Gasteiger partial charge in [0.05, 0.1) is 33.0 Å². The van der Waals surface area contributed by atoms with Crippen molar-refractivity contribution in [1.29, 1.82) is 0 Å². The number of halogens is 1. The van der Waals surface area contributed by atoms with Gasteiger partial charge in [0.2, 0.25) is 0 Å². The minimum absolute atomic E-state index is 0. The van der Waals surface area contributed by atoms with E-state index in [1.54, 1.807) is 0 Å². The fourth-order valence-electron chi connectivity index (χ4n) is 2.09. The number of carboxylic acids is 2. The van der Waals surface area contributed by atoms with E-state index in [2.05, 4.69) is 4.98 Å². The van der Waals surface area contributed by atoms with Gasteiger partial charge < -0.3 is 24.2 Å². The largest absolute Gasteiger partial charge is 1.00 e. The normalized spacial score (nSPS) is 10.0. The van der Waals surface area contributed by atoms with Crippen LogP contribution in [0.3, 0.4) is 0 Å². The molecule has 10 heteroatoms. The summed E-state index contributed by atoms with van der Waals surface area (Å²) in [4.78, 5) is 37.5. The molecule has 7 nitrogen and oxygen atoms in total. The predicted octanol–water partition coefficient (Wildman–Crippen LogP) is -6.27. The molecule has 0 radical (unpaired) electrons. The quantitative estimate of drug-likeness (QED) is 0.328. The van der Waals surface area contributed by atoms with Crippen LogP contribution >= 0.6 is 11.6 Å². The van der Waals surface area contributed by atoms with Crippen LogP contribution in [0.1, 0.15) is 21.0 Å². The number of benzene rings is 1. The predicted molar refractivity (Wildman–Crippen MR) is 71.5 cm³/mol. The second kappa shape index (κ2) is 7.97. The number of carbonyl (C=O) groups is 2. The average Bonchev–Trinajstić information content (AvgIpc) is 2.45. The molecule has 0 spiro atoms. The van der Waals surface area contributed by atoms with Crippen LogP contribution in [0.4, 0.5) is 0 Å². The maximum absolute atomic E-state index is 11.9. The van der Waals surface area contributed by atoms with Crippen LogP contribution in [-0.2, 0) is 0 Å². The van der Waals surface area contributed by atoms with Gasteiger partial charge in [0.15, 0.2) is 11.2 Å². The van der Waals surface area contributed by atoms with Gasteiger partial charge in [-0.2, -0.15) is 0 Å². The number of nitrogens with zero attached hydrogens (tertiary/aromatic N) is 1. The summed E-state index contributed by atoms with van der Waals surface area (Å²) in [6, 6.07) is 4.54. The first-order valence-corrected chi connectivity index (χ1v) is 6.26. The maximum atomic E-state index is 11.9. The molecule has 0 aliphatic rings. The average molecular weight is 364 g/mol. The van der Waals surface area contributed by atoms with Crippen LogP contribution in [0.2, 0.25) is 5.02 Å². The molecule has 0 aliphatic heterocycles. The smallest absolute Gasteiger partial charge is 0.543 e. The van der Waals surface area contributed by atoms with Gasteiger partial charge in [-0.15, -0.1) is 0 Å². The fourth-order valence-corrected chi connectivity index (χ4v) is 2.38. The van der Waals surface area contributed by atoms with Crippen molar-refractivity contribution < 1.29 is 83.3 Å². The molecule has 110 valence electrons. The van der Waals surface area contributed by atoms with Gasteiger partial charge in [-0.25, -0.2) is 4.98 Å². The summed E-state index contributed by atoms with van der Waals surface area (Å²) < 4.78 is 5.15. The molecule has 0 N–H and O–H groups in total. The van der Waals surface area contributed by atoms with Gasteiger partial charge in [-0.05, 0) is 18.2 Å². The summed E-state index contributed by atoms with van der Waals surface area (Å²) in [6.07, 6.45) is 0. The topological polar surface area (TPSA) is 123 Å². The Kier molecular flexibility index (Phi) is 7.01. The molecule has 0 saturated carbocycles. The van der Waals surface area contributed by atoms with Gasteiger partial charge in [0.25, 0.3) is 0 Å². The molecule has 3 aromatic rings. The number of carboxylic acid groups (broad SMARTS) is 2. The molecule has 0 saturated heterocycles. The van der Waals surface area contributed by atoms with E-state index in [-0.39, 0.29) is 86.0 Å². The van der Waals surface area contributed by atoms with Crippen LogP contribution in [-0.4, -0.2) is 16.9 Å². The number of aromatic carboxylic acids is 2. The Morgan fingerprint density at radius 2 is 1.75 bits per heavy atom. The number of hydrogen-bond acceptors (Lipinski definition) is 7. The summed E-state index contributed by atoms with van der Waals surface area (Å²) >= 11 is 6.01. The molecule has 2 aromatic heterocycles. The van der Waals surface area contributed by atoms with Crippen molar-refractivity contribution >= 4 is 45.4 Å². The molecular formula is C14H4ClNNa2O6. The van der Waals surface area contributed by atoms with Crippen molar-refractivity contribution in [3.8, 4) is 0 Å². The summed E-state index contributed by atoms with van der Waals surface area (Å²) in [5.74, 6) is -3.84. The molecule has 0 aliphatic carbocycles. The van der Waals surface area contributed by atoms with Gasteiger partial charge >= 0.3 is 59.1 Å². The Balaban J connectivity index is 0.00000144. The van der Waals surface area contributed by atoms with Gasteiger partial charge in [-0.1, -0.05) is 11.6 Å². The zero-order chi connectivity index (χ0) is 16.0. The molecule has 0 atom stereocenters. The van der Waals surface area contributed by atoms with E-state index in [1.807, 2.05) is 0 Å². The number of aromatic nitrogens is 1. The van der Waals surface area contributed by atoms with Gasteiger partial charge in [0.1, 0.15) is 11.6 Å². The van der Waals surface area contributed by atoms with Gasteiger partial charge in [-0.3, -0.25) is 4.79 Å². The van der Waals surface area contributed by atoms with Crippen molar-refractivity contribution in [1.82, 2.24) is 4.98 Å². The Morgan fingerprint density at radius 3 is 2.33 bits per heavy atom. The van der Waals surface area contributed by atoms with Crippen LogP contribution in [0, 0.1) is 0 Å². The van der Waals surface area contributed by atoms with Crippen molar-refractivity contribution in [3.05, 3.63) is 51.0 Å². The molecule has 0 unspecified atom stereocenters. The number of hydrogen-bond donors (Lipinski definition) is 0. The standard InChI is InChI=1S/C14H6ClNO6.2Na/c15-6-3-8(13(18)19)16-7-2-1-5-9(17)4-10(14(20)21)22-12(5)11(6)7;;/h1-4H,(H,18,19)(H,20,21);;/q;2*+1/p-2. The summed E-state index contributed by atoms with van der Waals surface area (Å²) in [5, 5.41) is 21.9. The second-order valence-corrected chi connectivity index (χ2v) is 4.78. The Labute approximate surface area is 183 Å². The number of carbonyl (C=O) groups excluding carboxylic acids is 2. The molecule has 1 aromatic carbocycles. The third kappa shape index (κ3) is 3.67. The van der Waals surface area contributed by atoms with Crippen molar-refractivity contribution in [2.24, 2.45) is 0 Å². The van der Waals surface area contributed by atoms with E-state index in [1.165, 1.54) is 12.1 Å². The van der Waals surface area contributed by atoms with E-state index in [0.29, 0.717) is 0 Å². The van der Waals surface area contributed by atoms with Gasteiger partial charge in [0, 0.05) is 6.07 Å². The zero-order valence-electron chi connectivity index (χ0n) is 12.6. The molecule has 0 amide bonds. The van der Waals surface area contributed by atoms with E-state index < -0.39 is 28.8 Å². The number of fused-ring (bicyclic) bond motifs is 3. The summed E-state index contributed by atoms with van der Waals surface area (Å²) in [7, 11) is 0. The SMILES string of the molecule is O=C([O-])c1cc(Cl)c2c(ccc3c(=O)cc(C(=O)[O-])oc32)n1.[Na+].[Na+]. The third-order valence-corrected chi connectivity index (χ3v) is 3.33. The number of rotatable bonds is 2. The minimum Gasteiger partial charge on any atom is -0.543 e. The van der Waals surface area contributed by atoms with E-state index in [0.717, 1.165) is 12.1 Å². The molecule has 3 rings (SSSR count). The van der Waals surface area contributed by atoms with Crippen molar-refractivity contribution in [3.63, 3.8) is 0 Å². The second-order valence-electron chi connectivity index (χ2n) is 4.38. The summed E-state index contributed by atoms with van der Waals surface area (Å²) in [6.45, 7) is 0. The Bertz CT molecular complexity index is 1030. The van der Waals surface area contributed by atoms with Crippen molar-refractivity contribution in [2.45, 2.75) is 0 Å². The third-order valence-electron chi connectivity index (χ3n) is 3.03. The van der Waals surface area contributed by atoms with E-state index in [4.69, 9.17) is 16.0 Å². The maximum Gasteiger partial charge on any atom is 1.00 e. The van der Waals surface area contributed by atoms with Crippen LogP contribution in [0.5, 0.6) is 0 Å². The number of pyridine rings is 1. The van der Waals surface area contributed by atoms with Crippen molar-refractivity contribution in [2.75, 3.05) is 0 Å². The molecule has 24 heavy (non-hydrogen) atoms. The van der Waals surface area contributed by atoms with Crippen LogP contribution in [0.25, 0.3) is 21.9 Å². The minimum atomic E-state index is -1.66. The van der Waals surface area contributed by atoms with Crippen LogP contribution in [0.15, 0.2) is 33.5 Å². The first-order valence-electron chi connectivity index (χ1n) is 5.88. The van der Waals surface area contributed by atoms with E-state index in [9.17, 15) is 24.6 Å².